The molecule has 6 aromatic rings. The van der Waals surface area contributed by atoms with Gasteiger partial charge in [-0.15, -0.1) is 0 Å². The van der Waals surface area contributed by atoms with Gasteiger partial charge in [0, 0.05) is 23.2 Å². The molecule has 2 heterocycles. The molecule has 2 aromatic heterocycles. The molecule has 0 atom stereocenters. The van der Waals surface area contributed by atoms with Gasteiger partial charge in [0.25, 0.3) is 0 Å². The van der Waals surface area contributed by atoms with Gasteiger partial charge < -0.3 is 0 Å². The Balaban J connectivity index is 1.96. The molecule has 0 aliphatic carbocycles. The third-order valence-electron chi connectivity index (χ3n) is 5.18. The summed E-state index contributed by atoms with van der Waals surface area (Å²) in [4.78, 5) is 4.65. The van der Waals surface area contributed by atoms with Crippen molar-refractivity contribution >= 4 is 48.9 Å². The van der Waals surface area contributed by atoms with Crippen LogP contribution in [0.1, 0.15) is 0 Å². The fourth-order valence-corrected chi connectivity index (χ4v) is 3.99. The summed E-state index contributed by atoms with van der Waals surface area (Å²) in [5.41, 5.74) is 2.22. The third kappa shape index (κ3) is 1.71. The summed E-state index contributed by atoms with van der Waals surface area (Å²) in [6.45, 7) is 0. The normalized spacial score (nSPS) is 12.0. The molecule has 25 heavy (non-hydrogen) atoms. The molecule has 0 bridgehead atoms. The Morgan fingerprint density at radius 1 is 0.600 bits per heavy atom. The van der Waals surface area contributed by atoms with E-state index >= 15 is 0 Å². The SMILES string of the molecule is c1ccc2cc3c(cc2c1)c1cc2ccccc2cc1n1ccnc31. The van der Waals surface area contributed by atoms with Gasteiger partial charge in [-0.1, -0.05) is 48.5 Å². The second kappa shape index (κ2) is 4.58. The lowest BCUT2D eigenvalue weighted by atomic mass is 9.99. The Bertz CT molecular complexity index is 1330. The first kappa shape index (κ1) is 13.0. The van der Waals surface area contributed by atoms with E-state index in [4.69, 9.17) is 0 Å². The Hall–Kier alpha value is -3.39. The van der Waals surface area contributed by atoms with Crippen molar-refractivity contribution < 1.29 is 0 Å². The fraction of sp³-hybridized carbons (Fsp3) is 0. The summed E-state index contributed by atoms with van der Waals surface area (Å²) in [5, 5.41) is 8.77. The molecule has 0 spiro atoms. The first-order valence-electron chi connectivity index (χ1n) is 8.48. The van der Waals surface area contributed by atoms with Gasteiger partial charge in [0.15, 0.2) is 0 Å². The van der Waals surface area contributed by atoms with Gasteiger partial charge in [0.05, 0.1) is 5.52 Å². The largest absolute Gasteiger partial charge is 0.299 e. The first-order chi connectivity index (χ1) is 12.4. The van der Waals surface area contributed by atoms with Crippen LogP contribution in [0.4, 0.5) is 0 Å². The topological polar surface area (TPSA) is 17.3 Å². The fourth-order valence-electron chi connectivity index (χ4n) is 3.99. The molecule has 6 rings (SSSR count). The van der Waals surface area contributed by atoms with Crippen LogP contribution in [0.5, 0.6) is 0 Å². The Morgan fingerprint density at radius 3 is 1.84 bits per heavy atom. The van der Waals surface area contributed by atoms with E-state index in [0.29, 0.717) is 0 Å². The zero-order chi connectivity index (χ0) is 16.4. The number of rotatable bonds is 0. The molecule has 0 saturated heterocycles. The summed E-state index contributed by atoms with van der Waals surface area (Å²) in [5.74, 6) is 0. The van der Waals surface area contributed by atoms with Crippen LogP contribution in [0.15, 0.2) is 85.2 Å². The van der Waals surface area contributed by atoms with Gasteiger partial charge in [0.2, 0.25) is 0 Å². The van der Waals surface area contributed by atoms with Crippen LogP contribution in [0.3, 0.4) is 0 Å². The molecule has 116 valence electrons. The van der Waals surface area contributed by atoms with Gasteiger partial charge in [-0.2, -0.15) is 0 Å². The highest BCUT2D eigenvalue weighted by molar-refractivity contribution is 6.18. The molecular formula is C23H14N2. The van der Waals surface area contributed by atoms with Crippen molar-refractivity contribution in [2.45, 2.75) is 0 Å². The number of pyridine rings is 1. The van der Waals surface area contributed by atoms with E-state index in [9.17, 15) is 0 Å². The van der Waals surface area contributed by atoms with Crippen molar-refractivity contribution in [3.8, 4) is 0 Å². The van der Waals surface area contributed by atoms with Crippen LogP contribution in [-0.4, -0.2) is 9.38 Å². The van der Waals surface area contributed by atoms with Gasteiger partial charge in [-0.3, -0.25) is 4.40 Å². The van der Waals surface area contributed by atoms with Crippen LogP contribution >= 0.6 is 0 Å². The molecule has 0 fully saturated rings. The predicted octanol–water partition coefficient (Wildman–Crippen LogP) is 5.95. The summed E-state index contributed by atoms with van der Waals surface area (Å²) in [7, 11) is 0. The molecule has 4 aromatic carbocycles. The maximum Gasteiger partial charge on any atom is 0.145 e. The first-order valence-corrected chi connectivity index (χ1v) is 8.48. The minimum atomic E-state index is 1.02. The Labute approximate surface area is 143 Å². The molecule has 2 nitrogen and oxygen atoms in total. The van der Waals surface area contributed by atoms with E-state index in [2.05, 4.69) is 88.4 Å². The highest BCUT2D eigenvalue weighted by Crippen LogP contribution is 2.34. The zero-order valence-electron chi connectivity index (χ0n) is 13.5. The summed E-state index contributed by atoms with van der Waals surface area (Å²) >= 11 is 0. The van der Waals surface area contributed by atoms with Crippen molar-refractivity contribution in [2.75, 3.05) is 0 Å². The number of imidazole rings is 1. The number of hydrogen-bond acceptors (Lipinski definition) is 1. The minimum Gasteiger partial charge on any atom is -0.299 e. The maximum atomic E-state index is 4.65. The minimum absolute atomic E-state index is 1.02. The smallest absolute Gasteiger partial charge is 0.145 e. The number of hydrogen-bond donors (Lipinski definition) is 0. The summed E-state index contributed by atoms with van der Waals surface area (Å²) in [6, 6.07) is 26.2. The molecule has 0 aliphatic heterocycles. The van der Waals surface area contributed by atoms with E-state index in [1.807, 2.05) is 6.20 Å². The van der Waals surface area contributed by atoms with Crippen LogP contribution in [0.2, 0.25) is 0 Å². The quantitative estimate of drug-likeness (QED) is 0.250. The highest BCUT2D eigenvalue weighted by Gasteiger charge is 2.11. The molecule has 0 radical (unpaired) electrons. The predicted molar refractivity (Wildman–Crippen MR) is 105 cm³/mol. The zero-order valence-corrected chi connectivity index (χ0v) is 13.5. The Kier molecular flexibility index (Phi) is 2.37. The second-order valence-corrected chi connectivity index (χ2v) is 6.58. The average molecular weight is 318 g/mol. The number of benzene rings is 4. The number of fused-ring (bicyclic) bond motifs is 8. The lowest BCUT2D eigenvalue weighted by Gasteiger charge is -2.11. The monoisotopic (exact) mass is 318 g/mol. The Morgan fingerprint density at radius 2 is 1.16 bits per heavy atom. The number of aromatic nitrogens is 2. The third-order valence-corrected chi connectivity index (χ3v) is 5.18. The van der Waals surface area contributed by atoms with Crippen molar-refractivity contribution in [3.05, 3.63) is 85.2 Å². The van der Waals surface area contributed by atoms with Crippen LogP contribution in [-0.2, 0) is 0 Å². The van der Waals surface area contributed by atoms with E-state index in [1.165, 1.54) is 43.2 Å². The van der Waals surface area contributed by atoms with E-state index in [-0.39, 0.29) is 0 Å². The van der Waals surface area contributed by atoms with Crippen molar-refractivity contribution in [3.63, 3.8) is 0 Å². The van der Waals surface area contributed by atoms with Gasteiger partial charge in [-0.25, -0.2) is 4.98 Å². The van der Waals surface area contributed by atoms with Gasteiger partial charge in [0.1, 0.15) is 5.65 Å². The van der Waals surface area contributed by atoms with E-state index in [0.717, 1.165) is 5.65 Å². The lowest BCUT2D eigenvalue weighted by Crippen LogP contribution is -1.91. The molecule has 2 heteroatoms. The number of nitrogens with zero attached hydrogens (tertiary/aromatic N) is 2. The molecule has 0 amide bonds. The molecule has 0 N–H and O–H groups in total. The summed E-state index contributed by atoms with van der Waals surface area (Å²) < 4.78 is 2.21. The van der Waals surface area contributed by atoms with E-state index < -0.39 is 0 Å². The maximum absolute atomic E-state index is 4.65. The van der Waals surface area contributed by atoms with Crippen LogP contribution < -0.4 is 0 Å². The second-order valence-electron chi connectivity index (χ2n) is 6.58. The molecule has 0 unspecified atom stereocenters. The van der Waals surface area contributed by atoms with Gasteiger partial charge in [-0.05, 0) is 51.2 Å². The molecule has 0 aliphatic rings. The lowest BCUT2D eigenvalue weighted by molar-refractivity contribution is 1.28. The van der Waals surface area contributed by atoms with Crippen molar-refractivity contribution in [1.29, 1.82) is 0 Å². The van der Waals surface area contributed by atoms with Crippen molar-refractivity contribution in [2.24, 2.45) is 0 Å². The average Bonchev–Trinajstić information content (AvgIpc) is 3.16. The summed E-state index contributed by atoms with van der Waals surface area (Å²) in [6.07, 6.45) is 3.94. The molecular weight excluding hydrogens is 304 g/mol. The van der Waals surface area contributed by atoms with Gasteiger partial charge >= 0.3 is 0 Å². The standard InChI is InChI=1S/C23H14N2/c1-2-7-17-13-21-19(11-15(17)5-1)20-12-16-6-3-4-8-18(16)14-22(20)25-10-9-24-23(21)25/h1-14H. The molecule has 0 saturated carbocycles. The highest BCUT2D eigenvalue weighted by atomic mass is 15.0. The van der Waals surface area contributed by atoms with Crippen LogP contribution in [0, 0.1) is 0 Å². The van der Waals surface area contributed by atoms with E-state index in [1.54, 1.807) is 0 Å². The van der Waals surface area contributed by atoms with Crippen molar-refractivity contribution in [1.82, 2.24) is 9.38 Å². The van der Waals surface area contributed by atoms with Crippen LogP contribution in [0.25, 0.3) is 48.9 Å².